The Bertz CT molecular complexity index is 321. The molecule has 1 amide bonds. The molecular formula is C8H13NO7S. The number of carbonyl (C=O) groups is 3. The number of carbonyl (C=O) groups excluding carboxylic acids is 1. The van der Waals surface area contributed by atoms with Crippen LogP contribution < -0.4 is 5.32 Å². The van der Waals surface area contributed by atoms with Gasteiger partial charge in [0.1, 0.15) is 6.04 Å². The number of rotatable bonds is 7. The minimum absolute atomic E-state index is 0.0577. The third kappa shape index (κ3) is 3.88. The lowest BCUT2D eigenvalue weighted by atomic mass is 10.1. The summed E-state index contributed by atoms with van der Waals surface area (Å²) in [6, 6.07) is -1.26. The molecule has 17 heavy (non-hydrogen) atoms. The fourth-order valence-corrected chi connectivity index (χ4v) is 1.37. The van der Waals surface area contributed by atoms with E-state index in [0.29, 0.717) is 0 Å². The average Bonchev–Trinajstić information content (AvgIpc) is 2.26. The molecule has 0 bridgehead atoms. The summed E-state index contributed by atoms with van der Waals surface area (Å²) in [5.41, 5.74) is -2.54. The molecule has 0 rings (SSSR count). The van der Waals surface area contributed by atoms with Crippen molar-refractivity contribution in [3.05, 3.63) is 0 Å². The highest BCUT2D eigenvalue weighted by Gasteiger charge is 2.45. The Balaban J connectivity index is 4.81. The van der Waals surface area contributed by atoms with Crippen LogP contribution in [0.25, 0.3) is 0 Å². The van der Waals surface area contributed by atoms with Gasteiger partial charge in [0.2, 0.25) is 0 Å². The van der Waals surface area contributed by atoms with Crippen LogP contribution in [-0.4, -0.2) is 57.0 Å². The van der Waals surface area contributed by atoms with Crippen molar-refractivity contribution in [3.63, 3.8) is 0 Å². The van der Waals surface area contributed by atoms with Crippen LogP contribution in [0.5, 0.6) is 0 Å². The quantitative estimate of drug-likeness (QED) is 0.269. The highest BCUT2D eigenvalue weighted by Crippen LogP contribution is 2.10. The van der Waals surface area contributed by atoms with E-state index in [0.717, 1.165) is 18.7 Å². The van der Waals surface area contributed by atoms with E-state index in [9.17, 15) is 14.4 Å². The standard InChI is InChI=1S/C8H13NO7S/c1-8(16-15,7(13)14)6(12)9-4(3-17-2)5(10)11/h4,15H,3H2,1-2H3,(H,9,12)(H,10,11)(H,13,14). The number of amides is 1. The SMILES string of the molecule is CSCC(NC(=O)C(C)(OO)C(=O)O)C(=O)O. The maximum atomic E-state index is 11.5. The molecule has 0 aliphatic carbocycles. The number of hydrogen-bond donors (Lipinski definition) is 4. The van der Waals surface area contributed by atoms with Crippen LogP contribution in [-0.2, 0) is 19.3 Å². The molecule has 2 atom stereocenters. The van der Waals surface area contributed by atoms with Crippen molar-refractivity contribution >= 4 is 29.6 Å². The lowest BCUT2D eigenvalue weighted by Crippen LogP contribution is -2.56. The van der Waals surface area contributed by atoms with Gasteiger partial charge >= 0.3 is 11.9 Å². The second-order valence-corrected chi connectivity index (χ2v) is 4.16. The molecule has 0 aromatic heterocycles. The summed E-state index contributed by atoms with van der Waals surface area (Å²) in [5, 5.41) is 27.8. The van der Waals surface area contributed by atoms with Gasteiger partial charge in [-0.1, -0.05) is 0 Å². The molecule has 0 spiro atoms. The first-order valence-electron chi connectivity index (χ1n) is 4.38. The molecule has 4 N–H and O–H groups in total. The van der Waals surface area contributed by atoms with Crippen molar-refractivity contribution in [1.29, 1.82) is 0 Å². The molecule has 0 saturated carbocycles. The highest BCUT2D eigenvalue weighted by atomic mass is 32.2. The van der Waals surface area contributed by atoms with Gasteiger partial charge in [0.05, 0.1) is 0 Å². The van der Waals surface area contributed by atoms with E-state index in [1.807, 2.05) is 5.32 Å². The van der Waals surface area contributed by atoms with E-state index in [4.69, 9.17) is 15.5 Å². The molecule has 0 aromatic rings. The smallest absolute Gasteiger partial charge is 0.349 e. The van der Waals surface area contributed by atoms with Crippen molar-refractivity contribution in [2.24, 2.45) is 0 Å². The van der Waals surface area contributed by atoms with E-state index in [1.165, 1.54) is 0 Å². The minimum Gasteiger partial charge on any atom is -0.480 e. The second-order valence-electron chi connectivity index (χ2n) is 3.25. The Morgan fingerprint density at radius 3 is 2.24 bits per heavy atom. The van der Waals surface area contributed by atoms with Crippen molar-refractivity contribution in [1.82, 2.24) is 5.32 Å². The number of hydrogen-bond acceptors (Lipinski definition) is 6. The largest absolute Gasteiger partial charge is 0.480 e. The Hall–Kier alpha value is -1.32. The lowest BCUT2D eigenvalue weighted by Gasteiger charge is -2.22. The molecule has 9 heteroatoms. The molecule has 8 nitrogen and oxygen atoms in total. The van der Waals surface area contributed by atoms with E-state index in [1.54, 1.807) is 6.26 Å². The van der Waals surface area contributed by atoms with Crippen LogP contribution in [0.1, 0.15) is 6.92 Å². The summed E-state index contributed by atoms with van der Waals surface area (Å²) >= 11 is 1.16. The third-order valence-electron chi connectivity index (χ3n) is 1.96. The maximum absolute atomic E-state index is 11.5. The van der Waals surface area contributed by atoms with Gasteiger partial charge in [0, 0.05) is 5.75 Å². The van der Waals surface area contributed by atoms with Gasteiger partial charge in [0.15, 0.2) is 0 Å². The zero-order valence-corrected chi connectivity index (χ0v) is 9.98. The van der Waals surface area contributed by atoms with Crippen molar-refractivity contribution in [2.75, 3.05) is 12.0 Å². The zero-order valence-electron chi connectivity index (χ0n) is 9.17. The topological polar surface area (TPSA) is 133 Å². The van der Waals surface area contributed by atoms with Crippen molar-refractivity contribution < 1.29 is 34.7 Å². The van der Waals surface area contributed by atoms with Crippen LogP contribution in [0, 0.1) is 0 Å². The second kappa shape index (κ2) is 6.42. The van der Waals surface area contributed by atoms with Gasteiger partial charge in [0.25, 0.3) is 11.5 Å². The summed E-state index contributed by atoms with van der Waals surface area (Å²) in [7, 11) is 0. The Kier molecular flexibility index (Phi) is 5.93. The fraction of sp³-hybridized carbons (Fsp3) is 0.625. The van der Waals surface area contributed by atoms with E-state index >= 15 is 0 Å². The summed E-state index contributed by atoms with van der Waals surface area (Å²) in [6.07, 6.45) is 1.63. The summed E-state index contributed by atoms with van der Waals surface area (Å²) in [5.74, 6) is -4.22. The molecule has 0 heterocycles. The molecule has 0 aliphatic rings. The number of thioether (sulfide) groups is 1. The van der Waals surface area contributed by atoms with Gasteiger partial charge in [-0.3, -0.25) is 10.1 Å². The lowest BCUT2D eigenvalue weighted by molar-refractivity contribution is -0.302. The first-order chi connectivity index (χ1) is 7.79. The molecular weight excluding hydrogens is 254 g/mol. The van der Waals surface area contributed by atoms with E-state index in [-0.39, 0.29) is 5.75 Å². The fourth-order valence-electron chi connectivity index (χ4n) is 0.815. The summed E-state index contributed by atoms with van der Waals surface area (Å²) in [6.45, 7) is 0.808. The van der Waals surface area contributed by atoms with Crippen molar-refractivity contribution in [3.8, 4) is 0 Å². The number of aliphatic carboxylic acids is 2. The first-order valence-corrected chi connectivity index (χ1v) is 5.77. The van der Waals surface area contributed by atoms with Gasteiger partial charge < -0.3 is 15.5 Å². The zero-order chi connectivity index (χ0) is 13.6. The monoisotopic (exact) mass is 267 g/mol. The van der Waals surface area contributed by atoms with E-state index in [2.05, 4.69) is 4.89 Å². The molecule has 0 fully saturated rings. The molecule has 0 aromatic carbocycles. The normalized spacial score (nSPS) is 15.7. The predicted octanol–water partition coefficient (Wildman–Crippen LogP) is -0.748. The summed E-state index contributed by atoms with van der Waals surface area (Å²) in [4.78, 5) is 36.5. The van der Waals surface area contributed by atoms with Gasteiger partial charge in [-0.15, -0.1) is 0 Å². The third-order valence-corrected chi connectivity index (χ3v) is 2.63. The van der Waals surface area contributed by atoms with Crippen molar-refractivity contribution in [2.45, 2.75) is 18.6 Å². The van der Waals surface area contributed by atoms with Crippen LogP contribution in [0.3, 0.4) is 0 Å². The highest BCUT2D eigenvalue weighted by molar-refractivity contribution is 7.98. The van der Waals surface area contributed by atoms with Gasteiger partial charge in [-0.2, -0.15) is 11.8 Å². The van der Waals surface area contributed by atoms with Gasteiger partial charge in [-0.25, -0.2) is 14.5 Å². The molecule has 98 valence electrons. The molecule has 2 unspecified atom stereocenters. The summed E-state index contributed by atoms with van der Waals surface area (Å²) < 4.78 is 0. The average molecular weight is 267 g/mol. The number of nitrogens with one attached hydrogen (secondary N) is 1. The van der Waals surface area contributed by atoms with Crippen LogP contribution in [0.2, 0.25) is 0 Å². The Morgan fingerprint density at radius 1 is 1.41 bits per heavy atom. The van der Waals surface area contributed by atoms with Crippen LogP contribution in [0.15, 0.2) is 0 Å². The first kappa shape index (κ1) is 15.7. The molecule has 0 aliphatic heterocycles. The molecule has 0 radical (unpaired) electrons. The maximum Gasteiger partial charge on any atom is 0.349 e. The predicted molar refractivity (Wildman–Crippen MR) is 57.7 cm³/mol. The van der Waals surface area contributed by atoms with Gasteiger partial charge in [-0.05, 0) is 13.2 Å². The van der Waals surface area contributed by atoms with E-state index < -0.39 is 29.5 Å². The number of carboxylic acids is 2. The Morgan fingerprint density at radius 2 is 1.94 bits per heavy atom. The Labute approximate surface area is 101 Å². The molecule has 0 saturated heterocycles. The van der Waals surface area contributed by atoms with Crippen LogP contribution >= 0.6 is 11.8 Å². The van der Waals surface area contributed by atoms with Crippen LogP contribution in [0.4, 0.5) is 0 Å². The minimum atomic E-state index is -2.54. The number of carboxylic acid groups (broad SMARTS) is 2.